The molecule has 0 radical (unpaired) electrons. The Labute approximate surface area is 126 Å². The maximum atomic E-state index is 10.8. The van der Waals surface area contributed by atoms with Crippen molar-refractivity contribution in [1.29, 1.82) is 0 Å². The number of aromatic nitrogens is 2. The molecule has 0 aliphatic heterocycles. The molecule has 0 unspecified atom stereocenters. The third-order valence-electron chi connectivity index (χ3n) is 3.15. The van der Waals surface area contributed by atoms with Gasteiger partial charge in [0, 0.05) is 22.2 Å². The fraction of sp³-hybridized carbons (Fsp3) is 0.429. The zero-order valence-corrected chi connectivity index (χ0v) is 13.2. The Bertz CT molecular complexity index is 573. The van der Waals surface area contributed by atoms with E-state index < -0.39 is 5.97 Å². The van der Waals surface area contributed by atoms with E-state index in [4.69, 9.17) is 5.11 Å². The highest BCUT2D eigenvalue weighted by atomic mass is 32.2. The molecule has 0 aliphatic rings. The first-order valence-electron chi connectivity index (χ1n) is 6.62. The van der Waals surface area contributed by atoms with E-state index in [-0.39, 0.29) is 0 Å². The van der Waals surface area contributed by atoms with E-state index in [0.29, 0.717) is 10.9 Å². The summed E-state index contributed by atoms with van der Waals surface area (Å²) in [5.74, 6) is -0.0944. The average Bonchev–Trinajstić information content (AvgIpc) is 3.07. The average molecular weight is 310 g/mol. The number of hydrogen-bond donors (Lipinski definition) is 1. The second kappa shape index (κ2) is 6.95. The molecule has 0 saturated heterocycles. The van der Waals surface area contributed by atoms with Crippen molar-refractivity contribution in [3.63, 3.8) is 0 Å². The fourth-order valence-corrected chi connectivity index (χ4v) is 3.75. The molecule has 1 N–H and O–H groups in total. The van der Waals surface area contributed by atoms with E-state index in [1.54, 1.807) is 17.8 Å². The molecule has 2 aromatic rings. The van der Waals surface area contributed by atoms with E-state index in [1.807, 2.05) is 22.3 Å². The molecule has 108 valence electrons. The van der Waals surface area contributed by atoms with Crippen LogP contribution in [0, 0.1) is 0 Å². The summed E-state index contributed by atoms with van der Waals surface area (Å²) < 4.78 is 2.03. The predicted octanol–water partition coefficient (Wildman–Crippen LogP) is 4.30. The van der Waals surface area contributed by atoms with E-state index in [1.165, 1.54) is 11.3 Å². The van der Waals surface area contributed by atoms with Crippen LogP contribution in [0.15, 0.2) is 28.6 Å². The fourth-order valence-electron chi connectivity index (χ4n) is 1.98. The Morgan fingerprint density at radius 1 is 1.50 bits per heavy atom. The van der Waals surface area contributed by atoms with Crippen LogP contribution in [-0.4, -0.2) is 20.9 Å². The number of carboxylic acid groups (broad SMARTS) is 1. The van der Waals surface area contributed by atoms with Gasteiger partial charge in [-0.05, 0) is 25.0 Å². The number of aromatic carboxylic acids is 1. The highest BCUT2D eigenvalue weighted by Gasteiger charge is 2.10. The normalized spacial score (nSPS) is 11.2. The maximum Gasteiger partial charge on any atom is 0.345 e. The molecule has 0 aliphatic carbocycles. The molecule has 0 saturated carbocycles. The Morgan fingerprint density at radius 2 is 2.25 bits per heavy atom. The number of rotatable bonds is 7. The summed E-state index contributed by atoms with van der Waals surface area (Å²) in [4.78, 5) is 12.2. The molecule has 4 nitrogen and oxygen atoms in total. The minimum absolute atomic E-state index is 0.384. The third-order valence-corrected chi connectivity index (χ3v) is 5.23. The number of thioether (sulfide) groups is 1. The summed E-state index contributed by atoms with van der Waals surface area (Å²) in [6.45, 7) is 4.34. The van der Waals surface area contributed by atoms with Crippen molar-refractivity contribution in [3.8, 4) is 0 Å². The van der Waals surface area contributed by atoms with Gasteiger partial charge in [0.05, 0.1) is 11.7 Å². The second-order valence-electron chi connectivity index (χ2n) is 4.50. The van der Waals surface area contributed by atoms with Crippen LogP contribution in [0.3, 0.4) is 0 Å². The smallest absolute Gasteiger partial charge is 0.345 e. The first-order chi connectivity index (χ1) is 9.63. The molecule has 0 bridgehead atoms. The SMILES string of the molecule is CCC(CC)n1ccc(CSc2csc(C(=O)O)c2)n1. The zero-order valence-electron chi connectivity index (χ0n) is 11.6. The van der Waals surface area contributed by atoms with Gasteiger partial charge in [-0.1, -0.05) is 13.8 Å². The van der Waals surface area contributed by atoms with Gasteiger partial charge in [-0.15, -0.1) is 23.1 Å². The van der Waals surface area contributed by atoms with Gasteiger partial charge in [0.25, 0.3) is 0 Å². The summed E-state index contributed by atoms with van der Waals surface area (Å²) >= 11 is 2.89. The molecule has 20 heavy (non-hydrogen) atoms. The number of carboxylic acids is 1. The maximum absolute atomic E-state index is 10.8. The molecule has 6 heteroatoms. The lowest BCUT2D eigenvalue weighted by atomic mass is 10.2. The molecule has 2 rings (SSSR count). The number of hydrogen-bond acceptors (Lipinski definition) is 4. The van der Waals surface area contributed by atoms with Crippen molar-refractivity contribution >= 4 is 29.1 Å². The van der Waals surface area contributed by atoms with Gasteiger partial charge in [0.2, 0.25) is 0 Å². The highest BCUT2D eigenvalue weighted by Crippen LogP contribution is 2.27. The van der Waals surface area contributed by atoms with Gasteiger partial charge in [-0.2, -0.15) is 5.10 Å². The van der Waals surface area contributed by atoms with Gasteiger partial charge >= 0.3 is 5.97 Å². The molecule has 0 amide bonds. The van der Waals surface area contributed by atoms with Gasteiger partial charge in [0.15, 0.2) is 0 Å². The lowest BCUT2D eigenvalue weighted by Crippen LogP contribution is -2.07. The first kappa shape index (κ1) is 15.1. The molecule has 0 atom stereocenters. The van der Waals surface area contributed by atoms with Crippen molar-refractivity contribution in [1.82, 2.24) is 9.78 Å². The van der Waals surface area contributed by atoms with Crippen molar-refractivity contribution in [2.45, 2.75) is 43.4 Å². The molecule has 2 aromatic heterocycles. The largest absolute Gasteiger partial charge is 0.477 e. The molecule has 0 fully saturated rings. The third kappa shape index (κ3) is 3.64. The Hall–Kier alpha value is -1.27. The Balaban J connectivity index is 1.95. The molecule has 2 heterocycles. The second-order valence-corrected chi connectivity index (χ2v) is 6.46. The van der Waals surface area contributed by atoms with E-state index in [2.05, 4.69) is 18.9 Å². The first-order valence-corrected chi connectivity index (χ1v) is 8.49. The van der Waals surface area contributed by atoms with E-state index in [0.717, 1.165) is 29.2 Å². The molecular weight excluding hydrogens is 292 g/mol. The summed E-state index contributed by atoms with van der Waals surface area (Å²) in [6, 6.07) is 4.22. The minimum Gasteiger partial charge on any atom is -0.477 e. The summed E-state index contributed by atoms with van der Waals surface area (Å²) in [7, 11) is 0. The number of carbonyl (C=O) groups is 1. The van der Waals surface area contributed by atoms with E-state index >= 15 is 0 Å². The van der Waals surface area contributed by atoms with Crippen LogP contribution in [0.2, 0.25) is 0 Å². The standard InChI is InChI=1S/C14H18N2O2S2/c1-3-11(4-2)16-6-5-10(15-16)8-19-12-7-13(14(17)18)20-9-12/h5-7,9,11H,3-4,8H2,1-2H3,(H,17,18). The Kier molecular flexibility index (Phi) is 5.25. The number of nitrogens with zero attached hydrogens (tertiary/aromatic N) is 2. The van der Waals surface area contributed by atoms with Gasteiger partial charge in [-0.25, -0.2) is 4.79 Å². The summed E-state index contributed by atoms with van der Waals surface area (Å²) in [5.41, 5.74) is 1.03. The van der Waals surface area contributed by atoms with Crippen LogP contribution in [0.5, 0.6) is 0 Å². The van der Waals surface area contributed by atoms with Crippen molar-refractivity contribution in [2.75, 3.05) is 0 Å². The van der Waals surface area contributed by atoms with Crippen molar-refractivity contribution in [2.24, 2.45) is 0 Å². The van der Waals surface area contributed by atoms with Crippen LogP contribution >= 0.6 is 23.1 Å². The van der Waals surface area contributed by atoms with Gasteiger partial charge in [-0.3, -0.25) is 4.68 Å². The van der Waals surface area contributed by atoms with Gasteiger partial charge in [0.1, 0.15) is 4.88 Å². The van der Waals surface area contributed by atoms with Crippen LogP contribution in [0.1, 0.15) is 48.1 Å². The zero-order chi connectivity index (χ0) is 14.5. The number of thiophene rings is 1. The quantitative estimate of drug-likeness (QED) is 0.775. The Morgan fingerprint density at radius 3 is 2.85 bits per heavy atom. The summed E-state index contributed by atoms with van der Waals surface area (Å²) in [5, 5.41) is 15.4. The van der Waals surface area contributed by atoms with E-state index in [9.17, 15) is 4.79 Å². The van der Waals surface area contributed by atoms with Crippen molar-refractivity contribution in [3.05, 3.63) is 34.3 Å². The van der Waals surface area contributed by atoms with Crippen molar-refractivity contribution < 1.29 is 9.90 Å². The van der Waals surface area contributed by atoms with Crippen LogP contribution in [-0.2, 0) is 5.75 Å². The van der Waals surface area contributed by atoms with Crippen LogP contribution in [0.25, 0.3) is 0 Å². The minimum atomic E-state index is -0.861. The molecule has 0 spiro atoms. The lowest BCUT2D eigenvalue weighted by molar-refractivity contribution is 0.0702. The predicted molar refractivity (Wildman–Crippen MR) is 82.7 cm³/mol. The monoisotopic (exact) mass is 310 g/mol. The van der Waals surface area contributed by atoms with Crippen LogP contribution in [0.4, 0.5) is 0 Å². The molecular formula is C14H18N2O2S2. The lowest BCUT2D eigenvalue weighted by Gasteiger charge is -2.12. The van der Waals surface area contributed by atoms with Crippen LogP contribution < -0.4 is 0 Å². The summed E-state index contributed by atoms with van der Waals surface area (Å²) in [6.07, 6.45) is 4.19. The topological polar surface area (TPSA) is 55.1 Å². The van der Waals surface area contributed by atoms with Gasteiger partial charge < -0.3 is 5.11 Å². The highest BCUT2D eigenvalue weighted by molar-refractivity contribution is 7.98. The molecule has 0 aromatic carbocycles.